The van der Waals surface area contributed by atoms with Crippen LogP contribution < -0.4 is 9.62 Å². The lowest BCUT2D eigenvalue weighted by Crippen LogP contribution is -2.09. The van der Waals surface area contributed by atoms with Crippen molar-refractivity contribution in [3.8, 4) is 17.8 Å². The predicted octanol–water partition coefficient (Wildman–Crippen LogP) is 3.59. The third kappa shape index (κ3) is 6.59. The van der Waals surface area contributed by atoms with E-state index in [-0.39, 0.29) is 23.3 Å². The van der Waals surface area contributed by atoms with Crippen LogP contribution in [0.25, 0.3) is 0 Å². The lowest BCUT2D eigenvalue weighted by molar-refractivity contribution is -0.156. The Hall–Kier alpha value is -4.86. The Bertz CT molecular complexity index is 1140. The van der Waals surface area contributed by atoms with Gasteiger partial charge in [-0.25, -0.2) is 39.3 Å². The maximum Gasteiger partial charge on any atom is 0.386 e. The fourth-order valence-electron chi connectivity index (χ4n) is 2.19. The standard InChI is InChI=1S/2C11H8N2O3/c14-10(15)8-4-1-2-5-9(8)16-11-12-6-3-7-13-11;14-10(9-5-2-1-3-6-9)15-16-11-12-7-4-8-13-11/h1-7H,(H,14,15);1-8H. The second kappa shape index (κ2) is 11.4. The second-order valence-corrected chi connectivity index (χ2v) is 5.79. The van der Waals surface area contributed by atoms with Crippen LogP contribution in [0.3, 0.4) is 0 Å². The SMILES string of the molecule is O=C(O)c1ccccc1Oc1ncccn1.O=C(OOc1ncccn1)c1ccccc1. The average molecular weight is 432 g/mol. The van der Waals surface area contributed by atoms with Crippen LogP contribution in [0.2, 0.25) is 0 Å². The van der Waals surface area contributed by atoms with E-state index in [9.17, 15) is 9.59 Å². The summed E-state index contributed by atoms with van der Waals surface area (Å²) in [6, 6.07) is 18.2. The molecule has 2 aromatic heterocycles. The van der Waals surface area contributed by atoms with E-state index in [1.807, 2.05) is 0 Å². The number of hydrogen-bond donors (Lipinski definition) is 1. The minimum absolute atomic E-state index is 0.00761. The highest BCUT2D eigenvalue weighted by Gasteiger charge is 2.11. The first-order valence-electron chi connectivity index (χ1n) is 9.11. The third-order valence-corrected chi connectivity index (χ3v) is 3.60. The molecule has 10 heteroatoms. The highest BCUT2D eigenvalue weighted by molar-refractivity contribution is 5.91. The van der Waals surface area contributed by atoms with Crippen molar-refractivity contribution in [1.82, 2.24) is 19.9 Å². The largest absolute Gasteiger partial charge is 0.478 e. The number of para-hydroxylation sites is 1. The summed E-state index contributed by atoms with van der Waals surface area (Å²) in [4.78, 5) is 46.7. The number of carbonyl (C=O) groups is 2. The van der Waals surface area contributed by atoms with Crippen molar-refractivity contribution in [3.63, 3.8) is 0 Å². The fourth-order valence-corrected chi connectivity index (χ4v) is 2.19. The van der Waals surface area contributed by atoms with Gasteiger partial charge in [0.2, 0.25) is 0 Å². The summed E-state index contributed by atoms with van der Waals surface area (Å²) >= 11 is 0. The maximum absolute atomic E-state index is 11.4. The van der Waals surface area contributed by atoms with Gasteiger partial charge in [-0.3, -0.25) is 0 Å². The van der Waals surface area contributed by atoms with Crippen molar-refractivity contribution >= 4 is 11.9 Å². The zero-order valence-electron chi connectivity index (χ0n) is 16.4. The molecule has 0 saturated heterocycles. The summed E-state index contributed by atoms with van der Waals surface area (Å²) in [5.41, 5.74) is 0.480. The molecule has 10 nitrogen and oxygen atoms in total. The van der Waals surface area contributed by atoms with Crippen LogP contribution >= 0.6 is 0 Å². The lowest BCUT2D eigenvalue weighted by Gasteiger charge is -2.05. The predicted molar refractivity (Wildman–Crippen MR) is 110 cm³/mol. The zero-order chi connectivity index (χ0) is 22.6. The molecule has 0 atom stereocenters. The Balaban J connectivity index is 0.000000181. The van der Waals surface area contributed by atoms with Crippen LogP contribution in [0.5, 0.6) is 17.8 Å². The third-order valence-electron chi connectivity index (χ3n) is 3.60. The number of carbonyl (C=O) groups excluding carboxylic acids is 1. The highest BCUT2D eigenvalue weighted by Crippen LogP contribution is 2.22. The number of carboxylic acid groups (broad SMARTS) is 1. The Labute approximate surface area is 182 Å². The normalized spacial score (nSPS) is 9.62. The molecule has 0 saturated carbocycles. The first-order valence-corrected chi connectivity index (χ1v) is 9.11. The van der Waals surface area contributed by atoms with Gasteiger partial charge in [0.15, 0.2) is 0 Å². The van der Waals surface area contributed by atoms with E-state index in [4.69, 9.17) is 9.84 Å². The maximum atomic E-state index is 11.4. The molecule has 0 aliphatic heterocycles. The molecule has 1 N–H and O–H groups in total. The van der Waals surface area contributed by atoms with Gasteiger partial charge in [0.25, 0.3) is 0 Å². The smallest absolute Gasteiger partial charge is 0.386 e. The van der Waals surface area contributed by atoms with Crippen molar-refractivity contribution < 1.29 is 29.2 Å². The Morgan fingerprint density at radius 2 is 1.25 bits per heavy atom. The van der Waals surface area contributed by atoms with Crippen LogP contribution in [0.4, 0.5) is 0 Å². The molecule has 0 radical (unpaired) electrons. The molecule has 160 valence electrons. The summed E-state index contributed by atoms with van der Waals surface area (Å²) < 4.78 is 5.27. The van der Waals surface area contributed by atoms with Crippen LogP contribution in [0.15, 0.2) is 91.5 Å². The van der Waals surface area contributed by atoms with Crippen LogP contribution in [-0.2, 0) is 4.89 Å². The van der Waals surface area contributed by atoms with E-state index in [2.05, 4.69) is 29.7 Å². The van der Waals surface area contributed by atoms with Crippen molar-refractivity contribution in [2.75, 3.05) is 0 Å². The van der Waals surface area contributed by atoms with E-state index < -0.39 is 11.9 Å². The minimum atomic E-state index is -1.05. The summed E-state index contributed by atoms with van der Waals surface area (Å²) in [6.45, 7) is 0. The van der Waals surface area contributed by atoms with Crippen molar-refractivity contribution in [3.05, 3.63) is 103 Å². The number of nitrogens with zero attached hydrogens (tertiary/aromatic N) is 4. The molecule has 0 aliphatic carbocycles. The molecule has 4 aromatic rings. The summed E-state index contributed by atoms with van der Waals surface area (Å²) in [5, 5.41) is 8.92. The van der Waals surface area contributed by atoms with E-state index in [0.717, 1.165) is 0 Å². The summed E-state index contributed by atoms with van der Waals surface area (Å²) in [6.07, 6.45) is 6.01. The second-order valence-electron chi connectivity index (χ2n) is 5.79. The number of hydrogen-bond acceptors (Lipinski definition) is 9. The van der Waals surface area contributed by atoms with Gasteiger partial charge in [0.05, 0.1) is 5.56 Å². The van der Waals surface area contributed by atoms with Gasteiger partial charge in [0.1, 0.15) is 11.3 Å². The number of benzene rings is 2. The van der Waals surface area contributed by atoms with E-state index >= 15 is 0 Å². The van der Waals surface area contributed by atoms with Crippen LogP contribution in [0, 0.1) is 0 Å². The first-order chi connectivity index (χ1) is 15.6. The molecule has 32 heavy (non-hydrogen) atoms. The van der Waals surface area contributed by atoms with Crippen LogP contribution in [-0.4, -0.2) is 37.0 Å². The van der Waals surface area contributed by atoms with Gasteiger partial charge >= 0.3 is 24.0 Å². The fraction of sp³-hybridized carbons (Fsp3) is 0. The van der Waals surface area contributed by atoms with Crippen molar-refractivity contribution in [2.24, 2.45) is 0 Å². The quantitative estimate of drug-likeness (QED) is 0.356. The molecule has 0 unspecified atom stereocenters. The Morgan fingerprint density at radius 3 is 1.88 bits per heavy atom. The van der Waals surface area contributed by atoms with Crippen molar-refractivity contribution in [2.45, 2.75) is 0 Å². The average Bonchev–Trinajstić information content (AvgIpc) is 2.85. The first kappa shape index (κ1) is 21.8. The van der Waals surface area contributed by atoms with Crippen molar-refractivity contribution in [1.29, 1.82) is 0 Å². The van der Waals surface area contributed by atoms with Gasteiger partial charge in [-0.15, -0.1) is 0 Å². The van der Waals surface area contributed by atoms with Gasteiger partial charge in [-0.05, 0) is 36.4 Å². The number of aromatic carboxylic acids is 1. The molecule has 0 amide bonds. The zero-order valence-corrected chi connectivity index (χ0v) is 16.4. The molecule has 2 aromatic carbocycles. The topological polar surface area (TPSA) is 134 Å². The molecule has 0 bridgehead atoms. The molecular weight excluding hydrogens is 416 g/mol. The molecule has 0 spiro atoms. The van der Waals surface area contributed by atoms with E-state index in [0.29, 0.717) is 5.56 Å². The van der Waals surface area contributed by atoms with Gasteiger partial charge in [0, 0.05) is 24.8 Å². The Morgan fingerprint density at radius 1 is 0.688 bits per heavy atom. The number of rotatable bonds is 6. The molecule has 2 heterocycles. The summed E-state index contributed by atoms with van der Waals surface area (Å²) in [5.74, 6) is -1.42. The molecule has 0 aliphatic rings. The Kier molecular flexibility index (Phi) is 7.75. The molecular formula is C22H16N4O6. The van der Waals surface area contributed by atoms with Gasteiger partial charge in [-0.1, -0.05) is 30.3 Å². The minimum Gasteiger partial charge on any atom is -0.478 e. The number of aromatic nitrogens is 4. The summed E-state index contributed by atoms with van der Waals surface area (Å²) in [7, 11) is 0. The van der Waals surface area contributed by atoms with E-state index in [1.54, 1.807) is 60.7 Å². The number of carboxylic acids is 1. The van der Waals surface area contributed by atoms with Gasteiger partial charge < -0.3 is 9.84 Å². The molecule has 0 fully saturated rings. The van der Waals surface area contributed by atoms with Crippen LogP contribution in [0.1, 0.15) is 20.7 Å². The van der Waals surface area contributed by atoms with Gasteiger partial charge in [-0.2, -0.15) is 0 Å². The highest BCUT2D eigenvalue weighted by atomic mass is 17.2. The number of ether oxygens (including phenoxy) is 1. The molecule has 4 rings (SSSR count). The van der Waals surface area contributed by atoms with E-state index in [1.165, 1.54) is 30.9 Å². The lowest BCUT2D eigenvalue weighted by atomic mass is 10.2. The monoisotopic (exact) mass is 432 g/mol.